The fourth-order valence-corrected chi connectivity index (χ4v) is 3.48. The Labute approximate surface area is 134 Å². The topological polar surface area (TPSA) is 15.3 Å². The van der Waals surface area contributed by atoms with Gasteiger partial charge in [0.1, 0.15) is 0 Å². The molecule has 0 saturated heterocycles. The lowest BCUT2D eigenvalue weighted by Crippen LogP contribution is -2.38. The molecule has 1 fully saturated rings. The molecule has 3 atom stereocenters. The Hall–Kier alpha value is -0.570. The maximum absolute atomic E-state index is 6.08. The molecule has 2 rings (SSSR count). The summed E-state index contributed by atoms with van der Waals surface area (Å²) in [6, 6.07) is 9.31. The van der Waals surface area contributed by atoms with Gasteiger partial charge >= 0.3 is 0 Å². The first-order chi connectivity index (χ1) is 10.1. The van der Waals surface area contributed by atoms with E-state index in [1.165, 1.54) is 31.2 Å². The Balaban J connectivity index is 1.75. The Kier molecular flexibility index (Phi) is 6.53. The maximum Gasteiger partial charge on any atom is 0.0409 e. The summed E-state index contributed by atoms with van der Waals surface area (Å²) in [6.07, 6.45) is 5.48. The number of nitrogens with one attached hydrogen (secondary N) is 1. The van der Waals surface area contributed by atoms with E-state index in [0.717, 1.165) is 30.1 Å². The van der Waals surface area contributed by atoms with Crippen molar-refractivity contribution in [2.75, 3.05) is 20.1 Å². The Morgan fingerprint density at radius 1 is 1.38 bits per heavy atom. The van der Waals surface area contributed by atoms with E-state index in [9.17, 15) is 0 Å². The van der Waals surface area contributed by atoms with Crippen LogP contribution < -0.4 is 5.32 Å². The van der Waals surface area contributed by atoms with Crippen molar-refractivity contribution >= 4 is 11.6 Å². The predicted octanol–water partition coefficient (Wildman–Crippen LogP) is 4.50. The normalized spacial score (nSPS) is 24.2. The van der Waals surface area contributed by atoms with E-state index in [0.29, 0.717) is 6.04 Å². The summed E-state index contributed by atoms with van der Waals surface area (Å²) in [4.78, 5) is 2.39. The molecule has 21 heavy (non-hydrogen) atoms. The molecule has 0 amide bonds. The number of rotatable bonds is 6. The van der Waals surface area contributed by atoms with E-state index < -0.39 is 0 Å². The van der Waals surface area contributed by atoms with Crippen molar-refractivity contribution in [2.24, 2.45) is 5.92 Å². The van der Waals surface area contributed by atoms with Gasteiger partial charge in [-0.1, -0.05) is 43.5 Å². The van der Waals surface area contributed by atoms with Crippen molar-refractivity contribution < 1.29 is 0 Å². The van der Waals surface area contributed by atoms with Gasteiger partial charge in [0.2, 0.25) is 0 Å². The van der Waals surface area contributed by atoms with Crippen molar-refractivity contribution in [3.8, 4) is 0 Å². The van der Waals surface area contributed by atoms with Gasteiger partial charge in [0.15, 0.2) is 0 Å². The molecule has 1 N–H and O–H groups in total. The fraction of sp³-hybridized carbons (Fsp3) is 0.667. The molecule has 0 heterocycles. The third-order valence-electron chi connectivity index (χ3n) is 4.83. The number of nitrogens with zero attached hydrogens (tertiary/aromatic N) is 1. The average molecular weight is 309 g/mol. The Morgan fingerprint density at radius 2 is 2.19 bits per heavy atom. The van der Waals surface area contributed by atoms with Gasteiger partial charge in [0.05, 0.1) is 0 Å². The van der Waals surface area contributed by atoms with Crippen molar-refractivity contribution in [1.82, 2.24) is 10.2 Å². The number of likely N-dealkylation sites (N-methyl/N-ethyl adjacent to an activating group) is 1. The van der Waals surface area contributed by atoms with Gasteiger partial charge in [-0.3, -0.25) is 4.90 Å². The van der Waals surface area contributed by atoms with Crippen LogP contribution in [0.5, 0.6) is 0 Å². The molecule has 0 radical (unpaired) electrons. The van der Waals surface area contributed by atoms with Gasteiger partial charge in [0.25, 0.3) is 0 Å². The molecule has 1 aromatic carbocycles. The molecular weight excluding hydrogens is 280 g/mol. The molecule has 0 aromatic heterocycles. The lowest BCUT2D eigenvalue weighted by molar-refractivity contribution is 0.242. The highest BCUT2D eigenvalue weighted by molar-refractivity contribution is 6.30. The maximum atomic E-state index is 6.08. The van der Waals surface area contributed by atoms with Crippen LogP contribution >= 0.6 is 11.6 Å². The summed E-state index contributed by atoms with van der Waals surface area (Å²) in [5.41, 5.74) is 1.29. The van der Waals surface area contributed by atoms with E-state index >= 15 is 0 Å². The molecule has 3 unspecified atom stereocenters. The predicted molar refractivity (Wildman–Crippen MR) is 91.9 cm³/mol. The third-order valence-corrected chi connectivity index (χ3v) is 5.06. The third kappa shape index (κ3) is 5.28. The molecule has 1 aromatic rings. The zero-order chi connectivity index (χ0) is 15.2. The van der Waals surface area contributed by atoms with Crippen LogP contribution in [0.3, 0.4) is 0 Å². The second-order valence-corrected chi connectivity index (χ2v) is 7.07. The summed E-state index contributed by atoms with van der Waals surface area (Å²) in [5, 5.41) is 4.55. The summed E-state index contributed by atoms with van der Waals surface area (Å²) in [7, 11) is 2.19. The molecule has 3 heteroatoms. The van der Waals surface area contributed by atoms with Crippen LogP contribution in [0, 0.1) is 5.92 Å². The van der Waals surface area contributed by atoms with Crippen LogP contribution in [0.1, 0.15) is 51.1 Å². The van der Waals surface area contributed by atoms with Crippen LogP contribution in [0.15, 0.2) is 24.3 Å². The number of hydrogen-bond donors (Lipinski definition) is 1. The van der Waals surface area contributed by atoms with Crippen molar-refractivity contribution in [3.63, 3.8) is 0 Å². The summed E-state index contributed by atoms with van der Waals surface area (Å²) in [5.74, 6) is 0.888. The van der Waals surface area contributed by atoms with Crippen LogP contribution in [-0.4, -0.2) is 31.1 Å². The van der Waals surface area contributed by atoms with Gasteiger partial charge in [0, 0.05) is 30.2 Å². The monoisotopic (exact) mass is 308 g/mol. The van der Waals surface area contributed by atoms with Gasteiger partial charge in [-0.25, -0.2) is 0 Å². The van der Waals surface area contributed by atoms with E-state index in [4.69, 9.17) is 11.6 Å². The molecule has 0 aliphatic heterocycles. The van der Waals surface area contributed by atoms with E-state index in [2.05, 4.69) is 43.2 Å². The van der Waals surface area contributed by atoms with Crippen molar-refractivity contribution in [3.05, 3.63) is 34.9 Å². The van der Waals surface area contributed by atoms with Gasteiger partial charge in [-0.2, -0.15) is 0 Å². The van der Waals surface area contributed by atoms with Gasteiger partial charge < -0.3 is 5.32 Å². The van der Waals surface area contributed by atoms with E-state index in [1.54, 1.807) is 0 Å². The largest absolute Gasteiger partial charge is 0.313 e. The highest BCUT2D eigenvalue weighted by Crippen LogP contribution is 2.24. The summed E-state index contributed by atoms with van der Waals surface area (Å²) in [6.45, 7) is 6.76. The minimum absolute atomic E-state index is 0.399. The Morgan fingerprint density at radius 3 is 2.90 bits per heavy atom. The SMILES string of the molecule is CC1CCCC(NCCN(C)C(C)c2cccc(Cl)c2)C1. The molecule has 1 aliphatic rings. The second kappa shape index (κ2) is 8.17. The zero-order valence-electron chi connectivity index (χ0n) is 13.6. The zero-order valence-corrected chi connectivity index (χ0v) is 14.4. The van der Waals surface area contributed by atoms with Gasteiger partial charge in [-0.15, -0.1) is 0 Å². The smallest absolute Gasteiger partial charge is 0.0409 e. The summed E-state index contributed by atoms with van der Waals surface area (Å²) < 4.78 is 0. The summed E-state index contributed by atoms with van der Waals surface area (Å²) >= 11 is 6.08. The molecule has 118 valence electrons. The first kappa shape index (κ1) is 16.8. The second-order valence-electron chi connectivity index (χ2n) is 6.63. The Bertz CT molecular complexity index is 435. The first-order valence-electron chi connectivity index (χ1n) is 8.25. The minimum Gasteiger partial charge on any atom is -0.313 e. The number of hydrogen-bond acceptors (Lipinski definition) is 2. The van der Waals surface area contributed by atoms with E-state index in [1.807, 2.05) is 12.1 Å². The quantitative estimate of drug-likeness (QED) is 0.832. The van der Waals surface area contributed by atoms with Crippen molar-refractivity contribution in [2.45, 2.75) is 51.6 Å². The average Bonchev–Trinajstić information content (AvgIpc) is 2.46. The molecule has 1 aliphatic carbocycles. The number of benzene rings is 1. The molecular formula is C18H29ClN2. The lowest BCUT2D eigenvalue weighted by atomic mass is 9.87. The standard InChI is InChI=1S/C18H29ClN2/c1-14-6-4-9-18(12-14)20-10-11-21(3)15(2)16-7-5-8-17(19)13-16/h5,7-8,13-15,18,20H,4,6,9-12H2,1-3H3. The minimum atomic E-state index is 0.399. The molecule has 1 saturated carbocycles. The van der Waals surface area contributed by atoms with Crippen LogP contribution in [0.2, 0.25) is 5.02 Å². The molecule has 0 bridgehead atoms. The fourth-order valence-electron chi connectivity index (χ4n) is 3.28. The van der Waals surface area contributed by atoms with E-state index in [-0.39, 0.29) is 0 Å². The van der Waals surface area contributed by atoms with Crippen LogP contribution in [0.4, 0.5) is 0 Å². The molecule has 0 spiro atoms. The van der Waals surface area contributed by atoms with Crippen LogP contribution in [0.25, 0.3) is 0 Å². The highest BCUT2D eigenvalue weighted by Gasteiger charge is 2.18. The number of halogens is 1. The first-order valence-corrected chi connectivity index (χ1v) is 8.63. The van der Waals surface area contributed by atoms with Crippen molar-refractivity contribution in [1.29, 1.82) is 0 Å². The van der Waals surface area contributed by atoms with Crippen LogP contribution in [-0.2, 0) is 0 Å². The highest BCUT2D eigenvalue weighted by atomic mass is 35.5. The lowest BCUT2D eigenvalue weighted by Gasteiger charge is -2.30. The van der Waals surface area contributed by atoms with Gasteiger partial charge in [-0.05, 0) is 50.4 Å². The molecule has 2 nitrogen and oxygen atoms in total.